The summed E-state index contributed by atoms with van der Waals surface area (Å²) in [5.41, 5.74) is 3.36. The van der Waals surface area contributed by atoms with E-state index in [1.807, 2.05) is 23.1 Å². The van der Waals surface area contributed by atoms with Gasteiger partial charge in [0, 0.05) is 38.2 Å². The number of likely N-dealkylation sites (tertiary alicyclic amines) is 1. The van der Waals surface area contributed by atoms with Crippen molar-refractivity contribution in [2.75, 3.05) is 40.0 Å². The molecule has 196 valence electrons. The lowest BCUT2D eigenvalue weighted by molar-refractivity contribution is -0.138. The molecule has 2 heterocycles. The van der Waals surface area contributed by atoms with Crippen LogP contribution in [0.3, 0.4) is 0 Å². The fraction of sp³-hybridized carbons (Fsp3) is 0.552. The molecule has 0 radical (unpaired) electrons. The Bertz CT molecular complexity index is 1060. The Morgan fingerprint density at radius 2 is 2.00 bits per heavy atom. The Labute approximate surface area is 220 Å². The Kier molecular flexibility index (Phi) is 9.02. The van der Waals surface area contributed by atoms with Crippen LogP contribution in [0.15, 0.2) is 30.3 Å². The maximum absolute atomic E-state index is 13.8. The smallest absolute Gasteiger partial charge is 0.227 e. The van der Waals surface area contributed by atoms with Gasteiger partial charge in [-0.05, 0) is 56.0 Å². The zero-order chi connectivity index (χ0) is 25.7. The number of rotatable bonds is 8. The second kappa shape index (κ2) is 12.2. The summed E-state index contributed by atoms with van der Waals surface area (Å²) in [6.07, 6.45) is 2.75. The van der Waals surface area contributed by atoms with Crippen LogP contribution in [0.2, 0.25) is 5.02 Å². The van der Waals surface area contributed by atoms with Gasteiger partial charge in [0.05, 0.1) is 31.3 Å². The highest BCUT2D eigenvalue weighted by Crippen LogP contribution is 2.38. The first-order valence-electron chi connectivity index (χ1n) is 13.1. The van der Waals surface area contributed by atoms with Gasteiger partial charge in [0.25, 0.3) is 0 Å². The molecule has 2 aromatic rings. The molecule has 36 heavy (non-hydrogen) atoms. The van der Waals surface area contributed by atoms with E-state index in [1.165, 1.54) is 11.1 Å². The second-order valence-electron chi connectivity index (χ2n) is 10.5. The Morgan fingerprint density at radius 1 is 1.19 bits per heavy atom. The van der Waals surface area contributed by atoms with Gasteiger partial charge >= 0.3 is 0 Å². The Morgan fingerprint density at radius 3 is 2.78 bits per heavy atom. The highest BCUT2D eigenvalue weighted by atomic mass is 35.5. The first-order valence-corrected chi connectivity index (χ1v) is 13.4. The van der Waals surface area contributed by atoms with Gasteiger partial charge in [0.2, 0.25) is 5.91 Å². The first kappa shape index (κ1) is 26.6. The van der Waals surface area contributed by atoms with Crippen LogP contribution < -0.4 is 14.2 Å². The van der Waals surface area contributed by atoms with E-state index in [-0.39, 0.29) is 11.8 Å². The largest absolute Gasteiger partial charge is 0.496 e. The third-order valence-corrected chi connectivity index (χ3v) is 7.10. The van der Waals surface area contributed by atoms with Crippen molar-refractivity contribution in [3.63, 3.8) is 0 Å². The number of hydrogen-bond acceptors (Lipinski definition) is 5. The third kappa shape index (κ3) is 6.65. The summed E-state index contributed by atoms with van der Waals surface area (Å²) >= 11 is 6.54. The highest BCUT2D eigenvalue weighted by molar-refractivity contribution is 6.32. The van der Waals surface area contributed by atoms with Crippen LogP contribution in [-0.2, 0) is 17.9 Å². The molecule has 1 amide bonds. The molecule has 0 aromatic heterocycles. The zero-order valence-corrected chi connectivity index (χ0v) is 22.8. The van der Waals surface area contributed by atoms with Gasteiger partial charge in [-0.1, -0.05) is 43.1 Å². The van der Waals surface area contributed by atoms with E-state index in [4.69, 9.17) is 25.8 Å². The number of nitrogens with zero attached hydrogens (tertiary/aromatic N) is 2. The molecule has 0 spiro atoms. The molecule has 0 aliphatic carbocycles. The minimum atomic E-state index is -0.0239. The average molecular weight is 515 g/mol. The molecule has 6 nitrogen and oxygen atoms in total. The summed E-state index contributed by atoms with van der Waals surface area (Å²) < 4.78 is 17.2. The SMILES string of the molecule is COc1ccc(C)cc1CN1CCC[C@@H](C(=O)N(Cc2cc(Cl)c3c(c2)OCCCO3)CC(C)C)C1. The van der Waals surface area contributed by atoms with Crippen molar-refractivity contribution in [1.82, 2.24) is 9.80 Å². The summed E-state index contributed by atoms with van der Waals surface area (Å²) in [5.74, 6) is 2.73. The van der Waals surface area contributed by atoms with Gasteiger partial charge in [-0.25, -0.2) is 0 Å². The Balaban J connectivity index is 1.48. The van der Waals surface area contributed by atoms with E-state index in [1.54, 1.807) is 7.11 Å². The molecule has 1 atom stereocenters. The molecule has 0 saturated carbocycles. The third-order valence-electron chi connectivity index (χ3n) is 6.82. The van der Waals surface area contributed by atoms with Crippen LogP contribution in [0.5, 0.6) is 17.2 Å². The molecule has 2 aliphatic heterocycles. The normalized spacial score (nSPS) is 18.1. The van der Waals surface area contributed by atoms with E-state index in [9.17, 15) is 4.79 Å². The maximum Gasteiger partial charge on any atom is 0.227 e. The molecule has 2 aromatic carbocycles. The van der Waals surface area contributed by atoms with E-state index >= 15 is 0 Å². The van der Waals surface area contributed by atoms with Gasteiger partial charge < -0.3 is 19.1 Å². The van der Waals surface area contributed by atoms with Crippen molar-refractivity contribution in [2.45, 2.75) is 53.1 Å². The van der Waals surface area contributed by atoms with Crippen molar-refractivity contribution in [1.29, 1.82) is 0 Å². The predicted octanol–water partition coefficient (Wildman–Crippen LogP) is 5.72. The molecule has 2 aliphatic rings. The minimum absolute atomic E-state index is 0.0239. The first-order chi connectivity index (χ1) is 17.3. The van der Waals surface area contributed by atoms with Crippen LogP contribution in [0.4, 0.5) is 0 Å². The molecule has 1 saturated heterocycles. The van der Waals surface area contributed by atoms with Crippen LogP contribution in [-0.4, -0.2) is 55.7 Å². The van der Waals surface area contributed by atoms with Crippen LogP contribution in [0.1, 0.15) is 49.8 Å². The van der Waals surface area contributed by atoms with Crippen LogP contribution in [0.25, 0.3) is 0 Å². The topological polar surface area (TPSA) is 51.2 Å². The zero-order valence-electron chi connectivity index (χ0n) is 22.0. The van der Waals surface area contributed by atoms with Crippen molar-refractivity contribution >= 4 is 17.5 Å². The molecule has 0 unspecified atom stereocenters. The van der Waals surface area contributed by atoms with Crippen molar-refractivity contribution in [3.05, 3.63) is 52.0 Å². The summed E-state index contributed by atoms with van der Waals surface area (Å²) in [6, 6.07) is 10.2. The molecular weight excluding hydrogens is 476 g/mol. The van der Waals surface area contributed by atoms with Crippen molar-refractivity contribution in [2.24, 2.45) is 11.8 Å². The number of carbonyl (C=O) groups is 1. The number of methoxy groups -OCH3 is 1. The van der Waals surface area contributed by atoms with Gasteiger partial charge in [0.1, 0.15) is 5.75 Å². The molecule has 7 heteroatoms. The van der Waals surface area contributed by atoms with Crippen LogP contribution in [0, 0.1) is 18.8 Å². The fourth-order valence-corrected chi connectivity index (χ4v) is 5.49. The molecular formula is C29H39ClN2O4. The van der Waals surface area contributed by atoms with Crippen LogP contribution >= 0.6 is 11.6 Å². The summed E-state index contributed by atoms with van der Waals surface area (Å²) in [6.45, 7) is 11.3. The number of benzene rings is 2. The molecule has 4 rings (SSSR count). The van der Waals surface area contributed by atoms with Gasteiger partial charge in [0.15, 0.2) is 11.5 Å². The van der Waals surface area contributed by atoms with E-state index in [0.29, 0.717) is 48.7 Å². The number of piperidine rings is 1. The highest BCUT2D eigenvalue weighted by Gasteiger charge is 2.30. The Hall–Kier alpha value is -2.44. The molecule has 0 N–H and O–H groups in total. The summed E-state index contributed by atoms with van der Waals surface area (Å²) in [7, 11) is 1.71. The quantitative estimate of drug-likeness (QED) is 0.451. The lowest BCUT2D eigenvalue weighted by atomic mass is 9.95. The van der Waals surface area contributed by atoms with Gasteiger partial charge in [-0.3, -0.25) is 9.69 Å². The van der Waals surface area contributed by atoms with E-state index in [0.717, 1.165) is 50.2 Å². The second-order valence-corrected chi connectivity index (χ2v) is 10.9. The average Bonchev–Trinajstić information content (AvgIpc) is 3.09. The van der Waals surface area contributed by atoms with Gasteiger partial charge in [-0.15, -0.1) is 0 Å². The standard InChI is InChI=1S/C29H39ClN2O4/c1-20(2)16-32(17-22-14-25(30)28-27(15-22)35-11-6-12-36-28)29(33)23-7-5-10-31(18-23)19-24-13-21(3)8-9-26(24)34-4/h8-9,13-15,20,23H,5-7,10-12,16-19H2,1-4H3/t23-/m1/s1. The predicted molar refractivity (Wildman–Crippen MR) is 143 cm³/mol. The number of hydrogen-bond donors (Lipinski definition) is 0. The lowest BCUT2D eigenvalue weighted by Crippen LogP contribution is -2.45. The molecule has 1 fully saturated rings. The molecule has 0 bridgehead atoms. The van der Waals surface area contributed by atoms with E-state index in [2.05, 4.69) is 37.8 Å². The number of halogens is 1. The van der Waals surface area contributed by atoms with E-state index < -0.39 is 0 Å². The number of ether oxygens (including phenoxy) is 3. The van der Waals surface area contributed by atoms with Gasteiger partial charge in [-0.2, -0.15) is 0 Å². The number of aryl methyl sites for hydroxylation is 1. The minimum Gasteiger partial charge on any atom is -0.496 e. The number of fused-ring (bicyclic) bond motifs is 1. The number of amides is 1. The number of carbonyl (C=O) groups excluding carboxylic acids is 1. The van der Waals surface area contributed by atoms with Crippen molar-refractivity contribution in [3.8, 4) is 17.2 Å². The monoisotopic (exact) mass is 514 g/mol. The summed E-state index contributed by atoms with van der Waals surface area (Å²) in [4.78, 5) is 18.2. The fourth-order valence-electron chi connectivity index (χ4n) is 5.20. The van der Waals surface area contributed by atoms with Crippen molar-refractivity contribution < 1.29 is 19.0 Å². The maximum atomic E-state index is 13.8. The lowest BCUT2D eigenvalue weighted by Gasteiger charge is -2.36. The summed E-state index contributed by atoms with van der Waals surface area (Å²) in [5, 5.41) is 0.539.